The molecule has 3 aromatic rings. The molecule has 0 unspecified atom stereocenters. The van der Waals surface area contributed by atoms with Gasteiger partial charge in [-0.2, -0.15) is 0 Å². The molecule has 0 aliphatic heterocycles. The number of amides is 1. The van der Waals surface area contributed by atoms with Crippen molar-refractivity contribution in [3.8, 4) is 23.0 Å². The Bertz CT molecular complexity index is 950. The SMILES string of the molecule is COc1ccc(-c2nnc(C)o2)cc1NC(=O)c1cccc(OC(C)C)c1. The van der Waals surface area contributed by atoms with Crippen molar-refractivity contribution >= 4 is 11.6 Å². The lowest BCUT2D eigenvalue weighted by Gasteiger charge is -2.13. The molecule has 2 aromatic carbocycles. The van der Waals surface area contributed by atoms with Crippen LogP contribution in [-0.2, 0) is 0 Å². The Kier molecular flexibility index (Phi) is 5.40. The summed E-state index contributed by atoms with van der Waals surface area (Å²) in [6, 6.07) is 12.3. The van der Waals surface area contributed by atoms with Crippen LogP contribution in [0.5, 0.6) is 11.5 Å². The van der Waals surface area contributed by atoms with E-state index >= 15 is 0 Å². The summed E-state index contributed by atoms with van der Waals surface area (Å²) in [5.41, 5.74) is 1.67. The minimum atomic E-state index is -0.277. The molecule has 140 valence electrons. The maximum atomic E-state index is 12.7. The van der Waals surface area contributed by atoms with Crippen molar-refractivity contribution in [2.24, 2.45) is 0 Å². The number of aryl methyl sites for hydroxylation is 1. The first-order chi connectivity index (χ1) is 13.0. The highest BCUT2D eigenvalue weighted by Crippen LogP contribution is 2.30. The Morgan fingerprint density at radius 2 is 1.96 bits per heavy atom. The fourth-order valence-electron chi connectivity index (χ4n) is 2.53. The van der Waals surface area contributed by atoms with Crippen LogP contribution in [0.1, 0.15) is 30.1 Å². The molecule has 3 rings (SSSR count). The van der Waals surface area contributed by atoms with E-state index in [1.54, 1.807) is 50.4 Å². The summed E-state index contributed by atoms with van der Waals surface area (Å²) in [7, 11) is 1.54. The lowest BCUT2D eigenvalue weighted by molar-refractivity contribution is 0.102. The van der Waals surface area contributed by atoms with Gasteiger partial charge in [0.1, 0.15) is 11.5 Å². The van der Waals surface area contributed by atoms with Crippen LogP contribution in [0, 0.1) is 6.92 Å². The monoisotopic (exact) mass is 367 g/mol. The van der Waals surface area contributed by atoms with Crippen LogP contribution < -0.4 is 14.8 Å². The van der Waals surface area contributed by atoms with Crippen LogP contribution in [-0.4, -0.2) is 29.3 Å². The number of aromatic nitrogens is 2. The molecule has 0 aliphatic rings. The van der Waals surface area contributed by atoms with E-state index in [1.165, 1.54) is 0 Å². The van der Waals surface area contributed by atoms with Gasteiger partial charge in [0.15, 0.2) is 0 Å². The summed E-state index contributed by atoms with van der Waals surface area (Å²) in [4.78, 5) is 12.7. The molecule has 7 heteroatoms. The van der Waals surface area contributed by atoms with E-state index in [2.05, 4.69) is 15.5 Å². The van der Waals surface area contributed by atoms with Crippen molar-refractivity contribution < 1.29 is 18.7 Å². The molecule has 0 radical (unpaired) electrons. The second kappa shape index (κ2) is 7.90. The molecule has 0 saturated carbocycles. The Morgan fingerprint density at radius 1 is 1.15 bits per heavy atom. The zero-order valence-corrected chi connectivity index (χ0v) is 15.6. The summed E-state index contributed by atoms with van der Waals surface area (Å²) < 4.78 is 16.4. The fraction of sp³-hybridized carbons (Fsp3) is 0.250. The molecule has 0 bridgehead atoms. The number of carbonyl (C=O) groups excluding carboxylic acids is 1. The predicted octanol–water partition coefficient (Wildman–Crippen LogP) is 4.09. The highest BCUT2D eigenvalue weighted by Gasteiger charge is 2.14. The van der Waals surface area contributed by atoms with E-state index in [1.807, 2.05) is 19.9 Å². The van der Waals surface area contributed by atoms with E-state index in [4.69, 9.17) is 13.9 Å². The quantitative estimate of drug-likeness (QED) is 0.706. The number of hydrogen-bond acceptors (Lipinski definition) is 6. The van der Waals surface area contributed by atoms with Crippen LogP contribution in [0.15, 0.2) is 46.9 Å². The average molecular weight is 367 g/mol. The Balaban J connectivity index is 1.86. The summed E-state index contributed by atoms with van der Waals surface area (Å²) >= 11 is 0. The smallest absolute Gasteiger partial charge is 0.255 e. The molecule has 0 saturated heterocycles. The summed E-state index contributed by atoms with van der Waals surface area (Å²) in [5, 5.41) is 10.7. The average Bonchev–Trinajstić information content (AvgIpc) is 3.07. The van der Waals surface area contributed by atoms with Gasteiger partial charge in [-0.15, -0.1) is 10.2 Å². The van der Waals surface area contributed by atoms with E-state index in [-0.39, 0.29) is 12.0 Å². The number of nitrogens with zero attached hydrogens (tertiary/aromatic N) is 2. The number of rotatable bonds is 6. The minimum Gasteiger partial charge on any atom is -0.495 e. The van der Waals surface area contributed by atoms with Gasteiger partial charge in [-0.25, -0.2) is 0 Å². The van der Waals surface area contributed by atoms with Crippen molar-refractivity contribution in [1.29, 1.82) is 0 Å². The lowest BCUT2D eigenvalue weighted by atomic mass is 10.1. The molecule has 0 atom stereocenters. The van der Waals surface area contributed by atoms with Gasteiger partial charge in [-0.05, 0) is 50.2 Å². The fourth-order valence-corrected chi connectivity index (χ4v) is 2.53. The Morgan fingerprint density at radius 3 is 2.63 bits per heavy atom. The molecule has 0 spiro atoms. The number of nitrogens with one attached hydrogen (secondary N) is 1. The Labute approximate surface area is 157 Å². The van der Waals surface area contributed by atoms with Crippen molar-refractivity contribution in [2.45, 2.75) is 26.9 Å². The third kappa shape index (κ3) is 4.44. The maximum Gasteiger partial charge on any atom is 0.255 e. The third-order valence-corrected chi connectivity index (χ3v) is 3.69. The topological polar surface area (TPSA) is 86.5 Å². The normalized spacial score (nSPS) is 10.7. The zero-order valence-electron chi connectivity index (χ0n) is 15.6. The van der Waals surface area contributed by atoms with Crippen LogP contribution >= 0.6 is 0 Å². The van der Waals surface area contributed by atoms with Gasteiger partial charge >= 0.3 is 0 Å². The van der Waals surface area contributed by atoms with Gasteiger partial charge in [0.05, 0.1) is 18.9 Å². The molecular weight excluding hydrogens is 346 g/mol. The molecule has 1 amide bonds. The molecule has 7 nitrogen and oxygen atoms in total. The number of anilines is 1. The third-order valence-electron chi connectivity index (χ3n) is 3.69. The number of hydrogen-bond donors (Lipinski definition) is 1. The number of carbonyl (C=O) groups is 1. The first-order valence-electron chi connectivity index (χ1n) is 8.53. The lowest BCUT2D eigenvalue weighted by Crippen LogP contribution is -2.13. The zero-order chi connectivity index (χ0) is 19.4. The maximum absolute atomic E-state index is 12.7. The standard InChI is InChI=1S/C20H21N3O4/c1-12(2)26-16-7-5-6-14(10-16)19(24)21-17-11-15(8-9-18(17)25-4)20-23-22-13(3)27-20/h5-12H,1-4H3,(H,21,24). The van der Waals surface area contributed by atoms with E-state index < -0.39 is 0 Å². The Hall–Kier alpha value is -3.35. The van der Waals surface area contributed by atoms with Crippen molar-refractivity contribution in [1.82, 2.24) is 10.2 Å². The van der Waals surface area contributed by atoms with Crippen LogP contribution in [0.25, 0.3) is 11.5 Å². The van der Waals surface area contributed by atoms with Gasteiger partial charge in [0.25, 0.3) is 5.91 Å². The van der Waals surface area contributed by atoms with Gasteiger partial charge < -0.3 is 19.2 Å². The van der Waals surface area contributed by atoms with Crippen molar-refractivity contribution in [3.05, 3.63) is 53.9 Å². The van der Waals surface area contributed by atoms with Crippen molar-refractivity contribution in [3.63, 3.8) is 0 Å². The molecule has 1 heterocycles. The predicted molar refractivity (Wildman–Crippen MR) is 101 cm³/mol. The summed E-state index contributed by atoms with van der Waals surface area (Å²) in [5.74, 6) is 1.73. The van der Waals surface area contributed by atoms with Gasteiger partial charge in [-0.3, -0.25) is 4.79 Å². The van der Waals surface area contributed by atoms with Crippen LogP contribution in [0.3, 0.4) is 0 Å². The molecule has 1 N–H and O–H groups in total. The molecular formula is C20H21N3O4. The van der Waals surface area contributed by atoms with Gasteiger partial charge in [-0.1, -0.05) is 6.07 Å². The molecule has 27 heavy (non-hydrogen) atoms. The molecule has 0 aliphatic carbocycles. The van der Waals surface area contributed by atoms with Crippen LogP contribution in [0.4, 0.5) is 5.69 Å². The molecule has 0 fully saturated rings. The molecule has 1 aromatic heterocycles. The number of benzene rings is 2. The highest BCUT2D eigenvalue weighted by atomic mass is 16.5. The first-order valence-corrected chi connectivity index (χ1v) is 8.53. The summed E-state index contributed by atoms with van der Waals surface area (Å²) in [6.07, 6.45) is 0.0259. The van der Waals surface area contributed by atoms with Crippen molar-refractivity contribution in [2.75, 3.05) is 12.4 Å². The van der Waals surface area contributed by atoms with E-state index in [9.17, 15) is 4.79 Å². The summed E-state index contributed by atoms with van der Waals surface area (Å²) in [6.45, 7) is 5.58. The van der Waals surface area contributed by atoms with Crippen LogP contribution in [0.2, 0.25) is 0 Å². The number of ether oxygens (including phenoxy) is 2. The largest absolute Gasteiger partial charge is 0.495 e. The minimum absolute atomic E-state index is 0.0259. The highest BCUT2D eigenvalue weighted by molar-refractivity contribution is 6.05. The van der Waals surface area contributed by atoms with E-state index in [0.717, 1.165) is 0 Å². The van der Waals surface area contributed by atoms with Gasteiger partial charge in [0.2, 0.25) is 11.8 Å². The second-order valence-corrected chi connectivity index (χ2v) is 6.19. The van der Waals surface area contributed by atoms with Gasteiger partial charge in [0, 0.05) is 18.1 Å². The first kappa shape index (κ1) is 18.4. The van der Waals surface area contributed by atoms with E-state index in [0.29, 0.717) is 40.1 Å². The number of methoxy groups -OCH3 is 1. The second-order valence-electron chi connectivity index (χ2n) is 6.19.